The number of carbonyl (C=O) groups excluding carboxylic acids is 1. The van der Waals surface area contributed by atoms with Gasteiger partial charge in [-0.15, -0.1) is 0 Å². The van der Waals surface area contributed by atoms with Crippen molar-refractivity contribution in [3.63, 3.8) is 0 Å². The van der Waals surface area contributed by atoms with Crippen molar-refractivity contribution in [2.45, 2.75) is 6.92 Å². The second-order valence-corrected chi connectivity index (χ2v) is 5.55. The van der Waals surface area contributed by atoms with Crippen molar-refractivity contribution in [3.05, 3.63) is 74.2 Å². The molecule has 0 spiro atoms. The first-order valence-corrected chi connectivity index (χ1v) is 7.39. The number of nitro benzene ring substituents is 1. The highest BCUT2D eigenvalue weighted by molar-refractivity contribution is 6.06. The van der Waals surface area contributed by atoms with Crippen molar-refractivity contribution in [3.8, 4) is 0 Å². The Bertz CT molecular complexity index is 1070. The standard InChI is InChI=1S/C17H14N4O4/c1-10-5-6-12(21(24)25)9-14(10)19-16(22)13-8-11-4-3-7-18-15(11)20(2)17(13)23/h3-9H,1-2H3,(H,19,22). The minimum absolute atomic E-state index is 0.0612. The number of fused-ring (bicyclic) bond motifs is 1. The first kappa shape index (κ1) is 16.3. The minimum Gasteiger partial charge on any atom is -0.321 e. The Labute approximate surface area is 141 Å². The smallest absolute Gasteiger partial charge is 0.271 e. The van der Waals surface area contributed by atoms with Gasteiger partial charge in [-0.1, -0.05) is 6.07 Å². The van der Waals surface area contributed by atoms with Gasteiger partial charge in [0.05, 0.1) is 10.6 Å². The summed E-state index contributed by atoms with van der Waals surface area (Å²) in [4.78, 5) is 39.5. The van der Waals surface area contributed by atoms with Gasteiger partial charge < -0.3 is 5.32 Å². The van der Waals surface area contributed by atoms with E-state index in [1.807, 2.05) is 0 Å². The van der Waals surface area contributed by atoms with E-state index in [2.05, 4.69) is 10.3 Å². The third kappa shape index (κ3) is 2.97. The predicted octanol–water partition coefficient (Wildman–Crippen LogP) is 2.40. The normalized spacial score (nSPS) is 10.6. The largest absolute Gasteiger partial charge is 0.321 e. The highest BCUT2D eigenvalue weighted by Crippen LogP contribution is 2.22. The van der Waals surface area contributed by atoms with Gasteiger partial charge in [-0.05, 0) is 30.7 Å². The summed E-state index contributed by atoms with van der Waals surface area (Å²) < 4.78 is 1.30. The van der Waals surface area contributed by atoms with Gasteiger partial charge >= 0.3 is 0 Å². The van der Waals surface area contributed by atoms with E-state index < -0.39 is 16.4 Å². The van der Waals surface area contributed by atoms with Crippen LogP contribution in [0.1, 0.15) is 15.9 Å². The molecule has 0 saturated heterocycles. The number of nitrogens with one attached hydrogen (secondary N) is 1. The lowest BCUT2D eigenvalue weighted by atomic mass is 10.1. The van der Waals surface area contributed by atoms with E-state index in [9.17, 15) is 19.7 Å². The van der Waals surface area contributed by atoms with E-state index in [0.717, 1.165) is 0 Å². The van der Waals surface area contributed by atoms with E-state index in [4.69, 9.17) is 0 Å². The van der Waals surface area contributed by atoms with Crippen molar-refractivity contribution in [2.24, 2.45) is 7.05 Å². The molecule has 2 aromatic heterocycles. The molecule has 0 atom stereocenters. The van der Waals surface area contributed by atoms with Gasteiger partial charge in [0.1, 0.15) is 11.2 Å². The van der Waals surface area contributed by atoms with E-state index in [1.54, 1.807) is 25.3 Å². The summed E-state index contributed by atoms with van der Waals surface area (Å²) in [6.45, 7) is 1.71. The van der Waals surface area contributed by atoms with Crippen molar-refractivity contribution >= 4 is 28.3 Å². The van der Waals surface area contributed by atoms with Crippen LogP contribution >= 0.6 is 0 Å². The molecule has 0 aliphatic rings. The summed E-state index contributed by atoms with van der Waals surface area (Å²) >= 11 is 0. The maximum atomic E-state index is 12.5. The topological polar surface area (TPSA) is 107 Å². The average Bonchev–Trinajstić information content (AvgIpc) is 2.59. The molecule has 0 aliphatic heterocycles. The molecule has 0 unspecified atom stereocenters. The van der Waals surface area contributed by atoms with E-state index in [-0.39, 0.29) is 16.9 Å². The number of anilines is 1. The Morgan fingerprint density at radius 2 is 2.04 bits per heavy atom. The molecule has 126 valence electrons. The molecule has 1 aromatic carbocycles. The average molecular weight is 338 g/mol. The molecular weight excluding hydrogens is 324 g/mol. The molecule has 0 bridgehead atoms. The number of pyridine rings is 2. The second kappa shape index (κ2) is 6.16. The van der Waals surface area contributed by atoms with Gasteiger partial charge in [0.25, 0.3) is 17.2 Å². The third-order valence-corrected chi connectivity index (χ3v) is 3.89. The number of non-ortho nitro benzene ring substituents is 1. The molecule has 8 nitrogen and oxygen atoms in total. The molecule has 8 heteroatoms. The van der Waals surface area contributed by atoms with Crippen molar-refractivity contribution in [1.82, 2.24) is 9.55 Å². The molecule has 1 amide bonds. The van der Waals surface area contributed by atoms with Crippen LogP contribution in [0.3, 0.4) is 0 Å². The minimum atomic E-state index is -0.630. The fourth-order valence-corrected chi connectivity index (χ4v) is 2.51. The number of rotatable bonds is 3. The summed E-state index contributed by atoms with van der Waals surface area (Å²) in [5, 5.41) is 14.1. The van der Waals surface area contributed by atoms with Crippen LogP contribution in [-0.4, -0.2) is 20.4 Å². The lowest BCUT2D eigenvalue weighted by Crippen LogP contribution is -2.28. The summed E-state index contributed by atoms with van der Waals surface area (Å²) in [5.74, 6) is -0.630. The summed E-state index contributed by atoms with van der Waals surface area (Å²) in [6.07, 6.45) is 1.56. The number of nitrogens with zero attached hydrogens (tertiary/aromatic N) is 3. The van der Waals surface area contributed by atoms with Crippen LogP contribution in [0.25, 0.3) is 11.0 Å². The molecule has 2 heterocycles. The quantitative estimate of drug-likeness (QED) is 0.583. The number of amides is 1. The number of benzene rings is 1. The van der Waals surface area contributed by atoms with Gasteiger partial charge in [-0.3, -0.25) is 24.3 Å². The molecule has 0 saturated carbocycles. The van der Waals surface area contributed by atoms with Crippen molar-refractivity contribution < 1.29 is 9.72 Å². The SMILES string of the molecule is Cc1ccc([N+](=O)[O-])cc1NC(=O)c1cc2cccnc2n(C)c1=O. The fraction of sp³-hybridized carbons (Fsp3) is 0.118. The monoisotopic (exact) mass is 338 g/mol. The number of aryl methyl sites for hydroxylation is 2. The number of carbonyl (C=O) groups is 1. The molecule has 3 rings (SSSR count). The van der Waals surface area contributed by atoms with Crippen LogP contribution in [-0.2, 0) is 7.05 Å². The predicted molar refractivity (Wildman–Crippen MR) is 92.8 cm³/mol. The molecule has 0 aliphatic carbocycles. The first-order valence-electron chi connectivity index (χ1n) is 7.39. The highest BCUT2D eigenvalue weighted by Gasteiger charge is 2.17. The molecule has 25 heavy (non-hydrogen) atoms. The Balaban J connectivity index is 2.04. The van der Waals surface area contributed by atoms with E-state index >= 15 is 0 Å². The van der Waals surface area contributed by atoms with Crippen molar-refractivity contribution in [1.29, 1.82) is 0 Å². The second-order valence-electron chi connectivity index (χ2n) is 5.55. The van der Waals surface area contributed by atoms with Gasteiger partial charge in [-0.2, -0.15) is 0 Å². The van der Waals surface area contributed by atoms with Crippen molar-refractivity contribution in [2.75, 3.05) is 5.32 Å². The molecule has 3 aromatic rings. The maximum Gasteiger partial charge on any atom is 0.271 e. The molecule has 1 N–H and O–H groups in total. The number of hydrogen-bond donors (Lipinski definition) is 1. The fourth-order valence-electron chi connectivity index (χ4n) is 2.51. The van der Waals surface area contributed by atoms with Crippen LogP contribution in [0.2, 0.25) is 0 Å². The zero-order valence-corrected chi connectivity index (χ0v) is 13.5. The Hall–Kier alpha value is -3.55. The maximum absolute atomic E-state index is 12.5. The summed E-state index contributed by atoms with van der Waals surface area (Å²) in [6, 6.07) is 9.07. The van der Waals surface area contributed by atoms with Crippen LogP contribution in [0.4, 0.5) is 11.4 Å². The summed E-state index contributed by atoms with van der Waals surface area (Å²) in [5.41, 5.74) is 0.707. The Kier molecular flexibility index (Phi) is 4.02. The number of hydrogen-bond acceptors (Lipinski definition) is 5. The lowest BCUT2D eigenvalue weighted by molar-refractivity contribution is -0.384. The Morgan fingerprint density at radius 3 is 2.76 bits per heavy atom. The number of aromatic nitrogens is 2. The molecular formula is C17H14N4O4. The van der Waals surface area contributed by atoms with Gasteiger partial charge in [-0.25, -0.2) is 4.98 Å². The third-order valence-electron chi connectivity index (χ3n) is 3.89. The van der Waals surface area contributed by atoms with Crippen LogP contribution in [0.15, 0.2) is 47.4 Å². The summed E-state index contributed by atoms with van der Waals surface area (Å²) in [7, 11) is 1.53. The van der Waals surface area contributed by atoms with Gasteiger partial charge in [0.15, 0.2) is 0 Å². The van der Waals surface area contributed by atoms with E-state index in [1.165, 1.54) is 35.9 Å². The Morgan fingerprint density at radius 1 is 1.28 bits per heavy atom. The molecule has 0 fully saturated rings. The van der Waals surface area contributed by atoms with Crippen LogP contribution in [0.5, 0.6) is 0 Å². The van der Waals surface area contributed by atoms with Gasteiger partial charge in [0, 0.05) is 30.8 Å². The molecule has 0 radical (unpaired) electrons. The van der Waals surface area contributed by atoms with E-state index in [0.29, 0.717) is 16.6 Å². The number of nitro groups is 1. The highest BCUT2D eigenvalue weighted by atomic mass is 16.6. The zero-order chi connectivity index (χ0) is 18.1. The van der Waals surface area contributed by atoms with Crippen LogP contribution in [0, 0.1) is 17.0 Å². The first-order chi connectivity index (χ1) is 11.9. The lowest BCUT2D eigenvalue weighted by Gasteiger charge is -2.10. The zero-order valence-electron chi connectivity index (χ0n) is 13.5. The van der Waals surface area contributed by atoms with Crippen LogP contribution < -0.4 is 10.9 Å². The van der Waals surface area contributed by atoms with Gasteiger partial charge in [0.2, 0.25) is 0 Å².